The van der Waals surface area contributed by atoms with Crippen LogP contribution in [0.4, 0.5) is 0 Å². The van der Waals surface area contributed by atoms with Crippen LogP contribution < -0.4 is 19.8 Å². The number of carbonyl (C=O) groups is 1. The van der Waals surface area contributed by atoms with E-state index in [4.69, 9.17) is 18.6 Å². The fourth-order valence-corrected chi connectivity index (χ4v) is 3.78. The molecule has 0 saturated carbocycles. The van der Waals surface area contributed by atoms with Crippen LogP contribution in [0.5, 0.6) is 17.2 Å². The Morgan fingerprint density at radius 3 is 2.53 bits per heavy atom. The molecule has 0 N–H and O–H groups in total. The van der Waals surface area contributed by atoms with Crippen molar-refractivity contribution in [2.45, 2.75) is 6.42 Å². The van der Waals surface area contributed by atoms with Crippen LogP contribution in [0.15, 0.2) is 69.2 Å². The fourth-order valence-electron chi connectivity index (χ4n) is 3.09. The molecule has 2 aromatic carbocycles. The number of fused-ring (bicyclic) bond motifs is 1. The van der Waals surface area contributed by atoms with Crippen molar-refractivity contribution in [3.63, 3.8) is 0 Å². The molecular formula is C23H18O6S. The molecular weight excluding hydrogens is 404 g/mol. The summed E-state index contributed by atoms with van der Waals surface area (Å²) in [6.07, 6.45) is 0.190. The monoisotopic (exact) mass is 422 g/mol. The second kappa shape index (κ2) is 8.42. The lowest BCUT2D eigenvalue weighted by atomic mass is 10.0. The maximum atomic E-state index is 12.6. The fraction of sp³-hybridized carbons (Fsp3) is 0.130. The number of thiophene rings is 1. The molecule has 0 amide bonds. The highest BCUT2D eigenvalue weighted by Gasteiger charge is 2.15. The van der Waals surface area contributed by atoms with Gasteiger partial charge in [-0.3, -0.25) is 4.79 Å². The molecule has 6 nitrogen and oxygen atoms in total. The molecule has 7 heteroatoms. The van der Waals surface area contributed by atoms with Crippen molar-refractivity contribution in [1.29, 1.82) is 0 Å². The summed E-state index contributed by atoms with van der Waals surface area (Å²) >= 11 is 1.49. The van der Waals surface area contributed by atoms with Crippen molar-refractivity contribution in [2.75, 3.05) is 14.2 Å². The van der Waals surface area contributed by atoms with Crippen LogP contribution in [0, 0.1) is 0 Å². The third kappa shape index (κ3) is 4.06. The van der Waals surface area contributed by atoms with Gasteiger partial charge in [0.25, 0.3) is 0 Å². The average molecular weight is 422 g/mol. The van der Waals surface area contributed by atoms with Crippen molar-refractivity contribution in [2.24, 2.45) is 0 Å². The van der Waals surface area contributed by atoms with Crippen molar-refractivity contribution >= 4 is 28.3 Å². The number of ether oxygens (including phenoxy) is 3. The quantitative estimate of drug-likeness (QED) is 0.255. The Morgan fingerprint density at radius 1 is 0.967 bits per heavy atom. The van der Waals surface area contributed by atoms with Gasteiger partial charge in [-0.2, -0.15) is 0 Å². The highest BCUT2D eigenvalue weighted by Crippen LogP contribution is 2.33. The molecule has 0 aliphatic heterocycles. The molecule has 0 aliphatic rings. The zero-order valence-corrected chi connectivity index (χ0v) is 17.2. The van der Waals surface area contributed by atoms with E-state index in [1.807, 2.05) is 17.5 Å². The number of methoxy groups -OCH3 is 2. The molecule has 0 radical (unpaired) electrons. The van der Waals surface area contributed by atoms with E-state index in [1.54, 1.807) is 43.5 Å². The van der Waals surface area contributed by atoms with Gasteiger partial charge in [0.1, 0.15) is 22.8 Å². The van der Waals surface area contributed by atoms with Crippen LogP contribution in [-0.2, 0) is 11.2 Å². The molecule has 0 fully saturated rings. The third-order valence-corrected chi connectivity index (χ3v) is 5.41. The van der Waals surface area contributed by atoms with E-state index in [-0.39, 0.29) is 12.4 Å². The Morgan fingerprint density at radius 2 is 1.80 bits per heavy atom. The van der Waals surface area contributed by atoms with Crippen LogP contribution in [-0.4, -0.2) is 20.2 Å². The normalized spacial score (nSPS) is 10.7. The second-order valence-corrected chi connectivity index (χ2v) is 7.48. The minimum Gasteiger partial charge on any atom is -0.497 e. The average Bonchev–Trinajstić information content (AvgIpc) is 3.25. The van der Waals surface area contributed by atoms with Gasteiger partial charge in [-0.05, 0) is 41.8 Å². The Kier molecular flexibility index (Phi) is 5.54. The van der Waals surface area contributed by atoms with Crippen LogP contribution in [0.3, 0.4) is 0 Å². The van der Waals surface area contributed by atoms with Gasteiger partial charge in [-0.1, -0.05) is 6.07 Å². The van der Waals surface area contributed by atoms with Gasteiger partial charge in [0.15, 0.2) is 0 Å². The molecule has 0 bridgehead atoms. The third-order valence-electron chi connectivity index (χ3n) is 4.54. The lowest BCUT2D eigenvalue weighted by Crippen LogP contribution is -2.10. The van der Waals surface area contributed by atoms with Crippen molar-refractivity contribution in [3.8, 4) is 28.4 Å². The van der Waals surface area contributed by atoms with Gasteiger partial charge >= 0.3 is 11.6 Å². The van der Waals surface area contributed by atoms with Crippen molar-refractivity contribution in [3.05, 3.63) is 75.3 Å². The second-order valence-electron chi connectivity index (χ2n) is 6.44. The van der Waals surface area contributed by atoms with Crippen LogP contribution in [0.1, 0.15) is 4.88 Å². The van der Waals surface area contributed by atoms with Gasteiger partial charge < -0.3 is 18.6 Å². The first-order valence-electron chi connectivity index (χ1n) is 9.11. The summed E-state index contributed by atoms with van der Waals surface area (Å²) < 4.78 is 21.5. The molecule has 4 aromatic rings. The molecule has 4 rings (SSSR count). The van der Waals surface area contributed by atoms with E-state index < -0.39 is 5.63 Å². The summed E-state index contributed by atoms with van der Waals surface area (Å²) in [4.78, 5) is 25.7. The van der Waals surface area contributed by atoms with Gasteiger partial charge in [0, 0.05) is 28.0 Å². The Labute approximate surface area is 176 Å². The standard InChI is InChI=1S/C23H18O6S/c1-26-15-7-8-18(21(11-15)27-2)19-10-14-5-6-16(12-20(14)29-23(19)25)28-22(24)13-17-4-3-9-30-17/h3-12H,13H2,1-2H3. The molecule has 152 valence electrons. The minimum atomic E-state index is -0.520. The largest absolute Gasteiger partial charge is 0.497 e. The predicted molar refractivity (Wildman–Crippen MR) is 115 cm³/mol. The summed E-state index contributed by atoms with van der Waals surface area (Å²) in [5, 5.41) is 2.60. The van der Waals surface area contributed by atoms with Crippen molar-refractivity contribution in [1.82, 2.24) is 0 Å². The number of hydrogen-bond acceptors (Lipinski definition) is 7. The first-order valence-corrected chi connectivity index (χ1v) is 9.98. The number of esters is 1. The smallest absolute Gasteiger partial charge is 0.344 e. The molecule has 0 aliphatic carbocycles. The Balaban J connectivity index is 1.64. The van der Waals surface area contributed by atoms with Crippen LogP contribution in [0.2, 0.25) is 0 Å². The first kappa shape index (κ1) is 19.7. The summed E-state index contributed by atoms with van der Waals surface area (Å²) in [6, 6.07) is 15.6. The minimum absolute atomic E-state index is 0.190. The summed E-state index contributed by atoms with van der Waals surface area (Å²) in [5.74, 6) is 1.07. The highest BCUT2D eigenvalue weighted by molar-refractivity contribution is 7.10. The lowest BCUT2D eigenvalue weighted by molar-refractivity contribution is -0.133. The maximum absolute atomic E-state index is 12.6. The molecule has 30 heavy (non-hydrogen) atoms. The number of benzene rings is 2. The van der Waals surface area contributed by atoms with E-state index in [0.717, 1.165) is 4.88 Å². The summed E-state index contributed by atoms with van der Waals surface area (Å²) in [5.41, 5.74) is 0.774. The number of rotatable bonds is 6. The molecule has 0 saturated heterocycles. The van der Waals surface area contributed by atoms with Gasteiger partial charge in [0.05, 0.1) is 26.2 Å². The molecule has 0 unspecified atom stereocenters. The number of carbonyl (C=O) groups excluding carboxylic acids is 1. The SMILES string of the molecule is COc1ccc(-c2cc3ccc(OC(=O)Cc4cccs4)cc3oc2=O)c(OC)c1. The van der Waals surface area contributed by atoms with E-state index in [9.17, 15) is 9.59 Å². The zero-order valence-electron chi connectivity index (χ0n) is 16.3. The molecule has 0 spiro atoms. The maximum Gasteiger partial charge on any atom is 0.344 e. The molecule has 2 aromatic heterocycles. The molecule has 0 atom stereocenters. The van der Waals surface area contributed by atoms with E-state index in [2.05, 4.69) is 0 Å². The zero-order chi connectivity index (χ0) is 21.1. The van der Waals surface area contributed by atoms with Gasteiger partial charge in [-0.15, -0.1) is 11.3 Å². The van der Waals surface area contributed by atoms with Crippen molar-refractivity contribution < 1.29 is 23.4 Å². The summed E-state index contributed by atoms with van der Waals surface area (Å²) in [7, 11) is 3.08. The topological polar surface area (TPSA) is 75.0 Å². The van der Waals surface area contributed by atoms with E-state index >= 15 is 0 Å². The Hall–Kier alpha value is -3.58. The Bertz CT molecular complexity index is 1260. The first-order chi connectivity index (χ1) is 14.6. The highest BCUT2D eigenvalue weighted by atomic mass is 32.1. The lowest BCUT2D eigenvalue weighted by Gasteiger charge is -2.10. The summed E-state index contributed by atoms with van der Waals surface area (Å²) in [6.45, 7) is 0. The number of hydrogen-bond donors (Lipinski definition) is 0. The van der Waals surface area contributed by atoms with E-state index in [1.165, 1.54) is 24.5 Å². The van der Waals surface area contributed by atoms with Gasteiger partial charge in [-0.25, -0.2) is 4.79 Å². The molecule has 2 heterocycles. The predicted octanol–water partition coefficient (Wildman–Crippen LogP) is 4.69. The van der Waals surface area contributed by atoms with E-state index in [0.29, 0.717) is 39.3 Å². The van der Waals surface area contributed by atoms with Crippen LogP contribution in [0.25, 0.3) is 22.1 Å². The van der Waals surface area contributed by atoms with Gasteiger partial charge in [0.2, 0.25) is 0 Å². The van der Waals surface area contributed by atoms with Crippen LogP contribution >= 0.6 is 11.3 Å².